The van der Waals surface area contributed by atoms with Crippen LogP contribution in [0.25, 0.3) is 0 Å². The van der Waals surface area contributed by atoms with E-state index < -0.39 is 12.3 Å². The molecule has 210 valence electrons. The Bertz CT molecular complexity index is 948. The number of hydrogen-bond acceptors (Lipinski definition) is 8. The fraction of sp³-hybridized carbons (Fsp3) is 0.655. The Balaban J connectivity index is 1.51. The van der Waals surface area contributed by atoms with E-state index in [2.05, 4.69) is 5.32 Å². The van der Waals surface area contributed by atoms with Gasteiger partial charge < -0.3 is 34.1 Å². The molecule has 1 amide bonds. The third-order valence-electron chi connectivity index (χ3n) is 7.91. The minimum Gasteiger partial charge on any atom is -0.465 e. The number of methoxy groups -OCH3 is 1. The summed E-state index contributed by atoms with van der Waals surface area (Å²) in [4.78, 5) is 25.3. The molecule has 3 aliphatic rings. The molecule has 1 aliphatic heterocycles. The van der Waals surface area contributed by atoms with Gasteiger partial charge in [-0.1, -0.05) is 18.6 Å². The molecule has 1 aromatic rings. The lowest BCUT2D eigenvalue weighted by Gasteiger charge is -2.37. The van der Waals surface area contributed by atoms with Gasteiger partial charge in [0.15, 0.2) is 5.76 Å². The van der Waals surface area contributed by atoms with Gasteiger partial charge in [-0.3, -0.25) is 4.79 Å². The fourth-order valence-corrected chi connectivity index (χ4v) is 6.04. The van der Waals surface area contributed by atoms with Crippen molar-refractivity contribution < 1.29 is 38.4 Å². The number of carbonyl (C=O) groups is 2. The standard InChI is InChI=1S/C29H41NO8/c1-3-37-29-23(10-12-35-14-15-36-13-11-31)24(20-6-8-21(9-7-20)28(33)34-2)18-26(38-29)27(32)30-25-17-19-4-5-22(25)16-19/h6-9,18-19,22-25,29,31H,3-5,10-17H2,1-2H3,(H,30,32)/t19?,22?,23-,24+,25?,29+/m0/s1. The van der Waals surface area contributed by atoms with Crippen molar-refractivity contribution in [2.45, 2.75) is 57.3 Å². The SMILES string of the molecule is CCO[C@@H]1OC(C(=O)NC2CC3CCC2C3)=C[C@H](c2ccc(C(=O)OC)cc2)[C@@H]1CCOCCOCCO. The van der Waals surface area contributed by atoms with Crippen LogP contribution in [0.15, 0.2) is 36.1 Å². The predicted octanol–water partition coefficient (Wildman–Crippen LogP) is 3.17. The quantitative estimate of drug-likeness (QED) is 0.278. The lowest BCUT2D eigenvalue weighted by Crippen LogP contribution is -2.43. The largest absolute Gasteiger partial charge is 0.465 e. The second-order valence-electron chi connectivity index (χ2n) is 10.3. The van der Waals surface area contributed by atoms with Gasteiger partial charge in [0.2, 0.25) is 6.29 Å². The first-order valence-electron chi connectivity index (χ1n) is 13.8. The first-order valence-corrected chi connectivity index (χ1v) is 13.8. The van der Waals surface area contributed by atoms with Crippen LogP contribution >= 0.6 is 0 Å². The maximum absolute atomic E-state index is 13.4. The molecule has 0 radical (unpaired) electrons. The number of nitrogens with one attached hydrogen (secondary N) is 1. The van der Waals surface area contributed by atoms with Crippen molar-refractivity contribution in [3.05, 3.63) is 47.2 Å². The van der Waals surface area contributed by atoms with Gasteiger partial charge in [-0.25, -0.2) is 4.79 Å². The van der Waals surface area contributed by atoms with Crippen molar-refractivity contribution in [1.29, 1.82) is 0 Å². The molecule has 6 atom stereocenters. The van der Waals surface area contributed by atoms with Crippen LogP contribution in [-0.2, 0) is 28.5 Å². The summed E-state index contributed by atoms with van der Waals surface area (Å²) in [5.41, 5.74) is 1.41. The van der Waals surface area contributed by atoms with E-state index in [0.717, 1.165) is 17.9 Å². The van der Waals surface area contributed by atoms with Crippen LogP contribution in [0, 0.1) is 17.8 Å². The average molecular weight is 532 g/mol. The molecule has 2 fully saturated rings. The second kappa shape index (κ2) is 14.1. The number of benzene rings is 1. The Hall–Kier alpha value is -2.46. The van der Waals surface area contributed by atoms with E-state index in [1.807, 2.05) is 25.1 Å². The van der Waals surface area contributed by atoms with Gasteiger partial charge in [0.05, 0.1) is 39.1 Å². The van der Waals surface area contributed by atoms with Crippen LogP contribution in [0.5, 0.6) is 0 Å². The van der Waals surface area contributed by atoms with E-state index in [1.54, 1.807) is 12.1 Å². The molecule has 2 aliphatic carbocycles. The Morgan fingerprint density at radius 2 is 1.82 bits per heavy atom. The lowest BCUT2D eigenvalue weighted by atomic mass is 9.81. The fourth-order valence-electron chi connectivity index (χ4n) is 6.04. The highest BCUT2D eigenvalue weighted by molar-refractivity contribution is 5.92. The highest BCUT2D eigenvalue weighted by atomic mass is 16.7. The van der Waals surface area contributed by atoms with Crippen LogP contribution < -0.4 is 5.32 Å². The van der Waals surface area contributed by atoms with E-state index in [-0.39, 0.29) is 42.8 Å². The summed E-state index contributed by atoms with van der Waals surface area (Å²) in [6.07, 6.45) is 6.59. The Kier molecular flexibility index (Phi) is 10.6. The first kappa shape index (κ1) is 28.5. The molecule has 0 aromatic heterocycles. The maximum atomic E-state index is 13.4. The van der Waals surface area contributed by atoms with Crippen LogP contribution in [0.2, 0.25) is 0 Å². The zero-order chi connectivity index (χ0) is 26.9. The van der Waals surface area contributed by atoms with Crippen molar-refractivity contribution in [2.24, 2.45) is 17.8 Å². The van der Waals surface area contributed by atoms with Crippen LogP contribution in [0.4, 0.5) is 0 Å². The number of fused-ring (bicyclic) bond motifs is 2. The molecule has 38 heavy (non-hydrogen) atoms. The van der Waals surface area contributed by atoms with E-state index in [1.165, 1.54) is 26.4 Å². The summed E-state index contributed by atoms with van der Waals surface area (Å²) in [5, 5.41) is 12.1. The maximum Gasteiger partial charge on any atom is 0.337 e. The number of aliphatic hydroxyl groups is 1. The van der Waals surface area contributed by atoms with Gasteiger partial charge in [0.1, 0.15) is 0 Å². The molecule has 2 bridgehead atoms. The van der Waals surface area contributed by atoms with Gasteiger partial charge in [0.25, 0.3) is 5.91 Å². The van der Waals surface area contributed by atoms with Crippen molar-refractivity contribution in [3.63, 3.8) is 0 Å². The number of hydrogen-bond donors (Lipinski definition) is 2. The average Bonchev–Trinajstić information content (AvgIpc) is 3.56. The van der Waals surface area contributed by atoms with E-state index in [9.17, 15) is 9.59 Å². The molecular formula is C29H41NO8. The van der Waals surface area contributed by atoms with Crippen LogP contribution in [0.3, 0.4) is 0 Å². The zero-order valence-electron chi connectivity index (χ0n) is 22.4. The highest BCUT2D eigenvalue weighted by Gasteiger charge is 2.42. The molecule has 1 aromatic carbocycles. The Morgan fingerprint density at radius 3 is 2.45 bits per heavy atom. The third kappa shape index (κ3) is 7.14. The molecule has 3 unspecified atom stereocenters. The third-order valence-corrected chi connectivity index (χ3v) is 7.91. The molecular weight excluding hydrogens is 490 g/mol. The van der Waals surface area contributed by atoms with Gasteiger partial charge in [-0.2, -0.15) is 0 Å². The molecule has 2 N–H and O–H groups in total. The monoisotopic (exact) mass is 531 g/mol. The molecule has 0 spiro atoms. The van der Waals surface area contributed by atoms with Gasteiger partial charge >= 0.3 is 5.97 Å². The van der Waals surface area contributed by atoms with E-state index in [4.69, 9.17) is 28.8 Å². The second-order valence-corrected chi connectivity index (χ2v) is 10.3. The summed E-state index contributed by atoms with van der Waals surface area (Å²) in [6, 6.07) is 7.46. The van der Waals surface area contributed by atoms with Crippen molar-refractivity contribution in [3.8, 4) is 0 Å². The summed E-state index contributed by atoms with van der Waals surface area (Å²) in [7, 11) is 1.36. The van der Waals surface area contributed by atoms with Gasteiger partial charge in [-0.15, -0.1) is 0 Å². The number of allylic oxidation sites excluding steroid dienone is 1. The number of esters is 1. The first-order chi connectivity index (χ1) is 18.5. The molecule has 9 heteroatoms. The van der Waals surface area contributed by atoms with Crippen LogP contribution in [0.1, 0.15) is 60.9 Å². The summed E-state index contributed by atoms with van der Waals surface area (Å²) < 4.78 is 28.1. The minimum atomic E-state index is -0.620. The van der Waals surface area contributed by atoms with Crippen molar-refractivity contribution >= 4 is 11.9 Å². The summed E-state index contributed by atoms with van der Waals surface area (Å²) in [5.74, 6) is 0.678. The topological polar surface area (TPSA) is 113 Å². The Morgan fingerprint density at radius 1 is 1.05 bits per heavy atom. The van der Waals surface area contributed by atoms with Gasteiger partial charge in [0, 0.05) is 31.1 Å². The van der Waals surface area contributed by atoms with E-state index >= 15 is 0 Å². The smallest absolute Gasteiger partial charge is 0.337 e. The lowest BCUT2D eigenvalue weighted by molar-refractivity contribution is -0.168. The number of ether oxygens (including phenoxy) is 5. The number of carbonyl (C=O) groups excluding carboxylic acids is 2. The van der Waals surface area contributed by atoms with Crippen molar-refractivity contribution in [2.75, 3.05) is 46.8 Å². The highest BCUT2D eigenvalue weighted by Crippen LogP contribution is 2.45. The molecule has 1 heterocycles. The summed E-state index contributed by atoms with van der Waals surface area (Å²) >= 11 is 0. The minimum absolute atomic E-state index is 0.0177. The van der Waals surface area contributed by atoms with E-state index in [0.29, 0.717) is 44.3 Å². The molecule has 9 nitrogen and oxygen atoms in total. The number of amides is 1. The number of aliphatic hydroxyl groups excluding tert-OH is 1. The predicted molar refractivity (Wildman–Crippen MR) is 139 cm³/mol. The summed E-state index contributed by atoms with van der Waals surface area (Å²) in [6.45, 7) is 3.89. The van der Waals surface area contributed by atoms with Crippen LogP contribution in [-0.4, -0.2) is 76.1 Å². The molecule has 0 saturated heterocycles. The molecule has 4 rings (SSSR count). The Labute approximate surface area is 224 Å². The normalized spacial score (nSPS) is 28.0. The molecule has 2 saturated carbocycles. The zero-order valence-corrected chi connectivity index (χ0v) is 22.4. The number of rotatable bonds is 14. The van der Waals surface area contributed by atoms with Crippen molar-refractivity contribution in [1.82, 2.24) is 5.32 Å². The van der Waals surface area contributed by atoms with Gasteiger partial charge in [-0.05, 0) is 68.2 Å².